The molecule has 0 spiro atoms. The lowest BCUT2D eigenvalue weighted by Gasteiger charge is -2.29. The molecule has 0 fully saturated rings. The van der Waals surface area contributed by atoms with Gasteiger partial charge in [-0.3, -0.25) is 14.4 Å². The van der Waals surface area contributed by atoms with Gasteiger partial charge in [-0.15, -0.1) is 0 Å². The van der Waals surface area contributed by atoms with Gasteiger partial charge in [0.05, 0.1) is 0 Å². The molecule has 0 radical (unpaired) electrons. The first kappa shape index (κ1) is 13.4. The van der Waals surface area contributed by atoms with Crippen LogP contribution in [0.3, 0.4) is 0 Å². The molecule has 0 heterocycles. The van der Waals surface area contributed by atoms with Crippen molar-refractivity contribution in [2.45, 2.75) is 45.8 Å². The second-order valence-electron chi connectivity index (χ2n) is 4.10. The van der Waals surface area contributed by atoms with Crippen molar-refractivity contribution in [3.05, 3.63) is 11.1 Å². The van der Waals surface area contributed by atoms with Crippen LogP contribution in [0.15, 0.2) is 11.1 Å². The molecule has 1 aliphatic rings. The summed E-state index contributed by atoms with van der Waals surface area (Å²) in [4.78, 5) is 32.7. The molecule has 2 atom stereocenters. The van der Waals surface area contributed by atoms with Gasteiger partial charge in [-0.05, 0) is 18.1 Å². The van der Waals surface area contributed by atoms with Crippen molar-refractivity contribution in [1.82, 2.24) is 0 Å². The number of aldehydes is 1. The van der Waals surface area contributed by atoms with Gasteiger partial charge in [-0.2, -0.15) is 0 Å². The van der Waals surface area contributed by atoms with Crippen molar-refractivity contribution < 1.29 is 23.9 Å². The largest absolute Gasteiger partial charge is 0.462 e. The summed E-state index contributed by atoms with van der Waals surface area (Å²) >= 11 is 0. The van der Waals surface area contributed by atoms with Crippen LogP contribution in [-0.2, 0) is 23.9 Å². The van der Waals surface area contributed by atoms with Crippen LogP contribution >= 0.6 is 0 Å². The van der Waals surface area contributed by atoms with Crippen LogP contribution in [0.4, 0.5) is 0 Å². The molecule has 0 N–H and O–H groups in total. The molecule has 0 aliphatic heterocycles. The Morgan fingerprint density at radius 1 is 1.24 bits per heavy atom. The lowest BCUT2D eigenvalue weighted by Crippen LogP contribution is -2.32. The SMILES string of the molecule is CC(=O)OC1CC(C=O)=C(C)C(OC(C)=O)C1. The van der Waals surface area contributed by atoms with E-state index in [0.717, 1.165) is 11.9 Å². The number of ether oxygens (including phenoxy) is 2. The second kappa shape index (κ2) is 5.61. The third kappa shape index (κ3) is 3.69. The molecule has 0 saturated heterocycles. The van der Waals surface area contributed by atoms with E-state index < -0.39 is 24.1 Å². The zero-order chi connectivity index (χ0) is 13.0. The van der Waals surface area contributed by atoms with Gasteiger partial charge >= 0.3 is 11.9 Å². The summed E-state index contributed by atoms with van der Waals surface area (Å²) in [6, 6.07) is 0. The minimum Gasteiger partial charge on any atom is -0.462 e. The molecule has 0 aromatic heterocycles. The monoisotopic (exact) mass is 240 g/mol. The Kier molecular flexibility index (Phi) is 4.43. The summed E-state index contributed by atoms with van der Waals surface area (Å²) in [6.07, 6.45) is 0.628. The smallest absolute Gasteiger partial charge is 0.303 e. The van der Waals surface area contributed by atoms with Gasteiger partial charge in [0.1, 0.15) is 18.5 Å². The van der Waals surface area contributed by atoms with Gasteiger partial charge in [-0.1, -0.05) is 0 Å². The minimum atomic E-state index is -0.481. The maximum absolute atomic E-state index is 10.9. The fourth-order valence-electron chi connectivity index (χ4n) is 1.91. The Morgan fingerprint density at radius 2 is 1.82 bits per heavy atom. The molecule has 0 aromatic rings. The van der Waals surface area contributed by atoms with Gasteiger partial charge in [0.15, 0.2) is 0 Å². The van der Waals surface area contributed by atoms with E-state index in [0.29, 0.717) is 18.4 Å². The van der Waals surface area contributed by atoms with Crippen molar-refractivity contribution in [1.29, 1.82) is 0 Å². The summed E-state index contributed by atoms with van der Waals surface area (Å²) in [5.74, 6) is -0.815. The van der Waals surface area contributed by atoms with Gasteiger partial charge in [0, 0.05) is 26.7 Å². The molecule has 0 saturated carbocycles. The average molecular weight is 240 g/mol. The van der Waals surface area contributed by atoms with E-state index in [1.165, 1.54) is 13.8 Å². The minimum absolute atomic E-state index is 0.382. The number of carbonyl (C=O) groups excluding carboxylic acids is 3. The second-order valence-corrected chi connectivity index (χ2v) is 4.10. The predicted octanol–water partition coefficient (Wildman–Crippen LogP) is 1.16. The molecule has 94 valence electrons. The molecular weight excluding hydrogens is 224 g/mol. The molecule has 0 amide bonds. The Balaban J connectivity index is 2.84. The third-order valence-electron chi connectivity index (χ3n) is 2.70. The Hall–Kier alpha value is -1.65. The number of hydrogen-bond donors (Lipinski definition) is 0. The van der Waals surface area contributed by atoms with Crippen LogP contribution in [0.2, 0.25) is 0 Å². The quantitative estimate of drug-likeness (QED) is 0.547. The summed E-state index contributed by atoms with van der Waals surface area (Å²) in [5.41, 5.74) is 1.27. The molecule has 1 aliphatic carbocycles. The number of esters is 2. The maximum atomic E-state index is 10.9. The van der Waals surface area contributed by atoms with Crippen LogP contribution in [0, 0.1) is 0 Å². The number of carbonyl (C=O) groups is 3. The van der Waals surface area contributed by atoms with Crippen molar-refractivity contribution in [3.8, 4) is 0 Å². The predicted molar refractivity (Wildman–Crippen MR) is 59.1 cm³/mol. The van der Waals surface area contributed by atoms with E-state index in [9.17, 15) is 14.4 Å². The van der Waals surface area contributed by atoms with Gasteiger partial charge in [-0.25, -0.2) is 0 Å². The normalized spacial score (nSPS) is 24.2. The molecular formula is C12H16O5. The first-order chi connectivity index (χ1) is 7.93. The van der Waals surface area contributed by atoms with E-state index in [1.807, 2.05) is 0 Å². The van der Waals surface area contributed by atoms with E-state index in [4.69, 9.17) is 9.47 Å². The van der Waals surface area contributed by atoms with Crippen molar-refractivity contribution >= 4 is 18.2 Å². The van der Waals surface area contributed by atoms with Crippen molar-refractivity contribution in [2.24, 2.45) is 0 Å². The topological polar surface area (TPSA) is 69.7 Å². The van der Waals surface area contributed by atoms with Crippen LogP contribution in [0.5, 0.6) is 0 Å². The Labute approximate surface area is 99.8 Å². The first-order valence-electron chi connectivity index (χ1n) is 5.43. The van der Waals surface area contributed by atoms with Gasteiger partial charge in [0.2, 0.25) is 0 Å². The zero-order valence-electron chi connectivity index (χ0n) is 10.2. The molecule has 5 nitrogen and oxygen atoms in total. The molecule has 0 aromatic carbocycles. The number of hydrogen-bond acceptors (Lipinski definition) is 5. The lowest BCUT2D eigenvalue weighted by atomic mass is 9.89. The van der Waals surface area contributed by atoms with E-state index >= 15 is 0 Å². The molecule has 0 bridgehead atoms. The third-order valence-corrected chi connectivity index (χ3v) is 2.70. The first-order valence-corrected chi connectivity index (χ1v) is 5.43. The summed E-state index contributed by atoms with van der Waals surface area (Å²) in [5, 5.41) is 0. The highest BCUT2D eigenvalue weighted by Gasteiger charge is 2.30. The summed E-state index contributed by atoms with van der Waals surface area (Å²) in [6.45, 7) is 4.37. The zero-order valence-corrected chi connectivity index (χ0v) is 10.2. The highest BCUT2D eigenvalue weighted by atomic mass is 16.6. The van der Waals surface area contributed by atoms with Gasteiger partial charge < -0.3 is 9.47 Å². The fraction of sp³-hybridized carbons (Fsp3) is 0.583. The van der Waals surface area contributed by atoms with Gasteiger partial charge in [0.25, 0.3) is 0 Å². The van der Waals surface area contributed by atoms with Crippen LogP contribution in [0.1, 0.15) is 33.6 Å². The molecule has 5 heteroatoms. The Morgan fingerprint density at radius 3 is 2.29 bits per heavy atom. The molecule has 17 heavy (non-hydrogen) atoms. The average Bonchev–Trinajstić information content (AvgIpc) is 2.21. The highest BCUT2D eigenvalue weighted by Crippen LogP contribution is 2.28. The van der Waals surface area contributed by atoms with Crippen LogP contribution < -0.4 is 0 Å². The molecule has 1 rings (SSSR count). The van der Waals surface area contributed by atoms with E-state index in [2.05, 4.69) is 0 Å². The van der Waals surface area contributed by atoms with Crippen molar-refractivity contribution in [2.75, 3.05) is 0 Å². The van der Waals surface area contributed by atoms with Crippen LogP contribution in [0.25, 0.3) is 0 Å². The standard InChI is InChI=1S/C12H16O5/c1-7-10(6-13)4-11(16-8(2)14)5-12(7)17-9(3)15/h6,11-12H,4-5H2,1-3H3. The summed E-state index contributed by atoms with van der Waals surface area (Å²) in [7, 11) is 0. The van der Waals surface area contributed by atoms with Crippen LogP contribution in [-0.4, -0.2) is 30.4 Å². The highest BCUT2D eigenvalue weighted by molar-refractivity contribution is 5.76. The van der Waals surface area contributed by atoms with E-state index in [-0.39, 0.29) is 0 Å². The van der Waals surface area contributed by atoms with Crippen molar-refractivity contribution in [3.63, 3.8) is 0 Å². The molecule has 2 unspecified atom stereocenters. The maximum Gasteiger partial charge on any atom is 0.303 e. The fourth-order valence-corrected chi connectivity index (χ4v) is 1.91. The van der Waals surface area contributed by atoms with E-state index in [1.54, 1.807) is 6.92 Å². The Bertz CT molecular complexity index is 369. The summed E-state index contributed by atoms with van der Waals surface area (Å²) < 4.78 is 10.2. The number of rotatable bonds is 3. The lowest BCUT2D eigenvalue weighted by molar-refractivity contribution is -0.152.